The molecule has 1 atom stereocenters. The van der Waals surface area contributed by atoms with E-state index in [2.05, 4.69) is 6.07 Å². The van der Waals surface area contributed by atoms with Gasteiger partial charge < -0.3 is 29.4 Å². The van der Waals surface area contributed by atoms with E-state index in [1.807, 2.05) is 19.1 Å². The highest BCUT2D eigenvalue weighted by Gasteiger charge is 2.33. The van der Waals surface area contributed by atoms with E-state index in [0.29, 0.717) is 46.3 Å². The molecule has 0 saturated heterocycles. The molecule has 1 aliphatic rings. The number of carbonyl (C=O) groups excluding carboxylic acids is 1. The summed E-state index contributed by atoms with van der Waals surface area (Å²) in [5.41, 5.74) is 8.11. The summed E-state index contributed by atoms with van der Waals surface area (Å²) in [6.45, 7) is 2.63. The second-order valence-corrected chi connectivity index (χ2v) is 7.97. The topological polar surface area (TPSA) is 113 Å². The van der Waals surface area contributed by atoms with Gasteiger partial charge >= 0.3 is 5.97 Å². The first-order valence-electron chi connectivity index (χ1n) is 11.4. The van der Waals surface area contributed by atoms with Gasteiger partial charge in [-0.3, -0.25) is 0 Å². The third-order valence-electron chi connectivity index (χ3n) is 5.71. The lowest BCUT2D eigenvalue weighted by atomic mass is 9.83. The van der Waals surface area contributed by atoms with Crippen LogP contribution >= 0.6 is 0 Å². The van der Waals surface area contributed by atoms with Crippen molar-refractivity contribution in [1.29, 1.82) is 5.26 Å². The molecule has 3 aromatic rings. The molecule has 36 heavy (non-hydrogen) atoms. The normalized spacial score (nSPS) is 14.2. The number of hydrogen-bond donors (Lipinski definition) is 1. The summed E-state index contributed by atoms with van der Waals surface area (Å²) in [5.74, 6) is 1.21. The lowest BCUT2D eigenvalue weighted by molar-refractivity contribution is 0.0734. The number of para-hydroxylation sites is 1. The van der Waals surface area contributed by atoms with E-state index in [4.69, 9.17) is 29.4 Å². The van der Waals surface area contributed by atoms with Crippen LogP contribution in [0.2, 0.25) is 0 Å². The summed E-state index contributed by atoms with van der Waals surface area (Å²) in [7, 11) is 3.08. The number of carbonyl (C=O) groups is 1. The van der Waals surface area contributed by atoms with Crippen LogP contribution in [0, 0.1) is 11.3 Å². The fourth-order valence-corrected chi connectivity index (χ4v) is 4.03. The molecule has 8 nitrogen and oxygen atoms in total. The Kier molecular flexibility index (Phi) is 7.31. The minimum atomic E-state index is -0.566. The van der Waals surface area contributed by atoms with Crippen LogP contribution in [0.4, 0.5) is 0 Å². The van der Waals surface area contributed by atoms with Crippen LogP contribution in [0.1, 0.15) is 40.7 Å². The summed E-state index contributed by atoms with van der Waals surface area (Å²) >= 11 is 0. The SMILES string of the molecule is CCCOc1ccc(C(=O)Oc2ccc3c(c2)OC(N)=C(C#N)C3c2cccc(OC)c2OC)cc1. The van der Waals surface area contributed by atoms with Crippen molar-refractivity contribution in [2.45, 2.75) is 19.3 Å². The molecule has 0 aromatic heterocycles. The number of hydrogen-bond acceptors (Lipinski definition) is 8. The zero-order chi connectivity index (χ0) is 25.7. The number of nitrogens with zero attached hydrogens (tertiary/aromatic N) is 1. The zero-order valence-corrected chi connectivity index (χ0v) is 20.2. The van der Waals surface area contributed by atoms with Gasteiger partial charge in [-0.15, -0.1) is 0 Å². The Hall–Kier alpha value is -4.64. The van der Waals surface area contributed by atoms with Gasteiger partial charge in [0.15, 0.2) is 11.5 Å². The van der Waals surface area contributed by atoms with Gasteiger partial charge in [-0.05, 0) is 42.8 Å². The molecule has 0 radical (unpaired) electrons. The van der Waals surface area contributed by atoms with Crippen LogP contribution in [0.15, 0.2) is 72.1 Å². The third-order valence-corrected chi connectivity index (χ3v) is 5.71. The highest BCUT2D eigenvalue weighted by Crippen LogP contribution is 2.47. The zero-order valence-electron chi connectivity index (χ0n) is 20.2. The number of allylic oxidation sites excluding steroid dienone is 1. The Morgan fingerprint density at radius 3 is 2.44 bits per heavy atom. The molecular weight excluding hydrogens is 460 g/mol. The third kappa shape index (κ3) is 4.77. The van der Waals surface area contributed by atoms with Gasteiger partial charge in [0.2, 0.25) is 5.88 Å². The Morgan fingerprint density at radius 1 is 1.03 bits per heavy atom. The van der Waals surface area contributed by atoms with E-state index in [0.717, 1.165) is 6.42 Å². The smallest absolute Gasteiger partial charge is 0.343 e. The number of nitrogens with two attached hydrogens (primary N) is 1. The maximum Gasteiger partial charge on any atom is 0.343 e. The molecule has 0 fully saturated rings. The molecule has 1 unspecified atom stereocenters. The first-order chi connectivity index (χ1) is 17.5. The van der Waals surface area contributed by atoms with Crippen molar-refractivity contribution >= 4 is 5.97 Å². The van der Waals surface area contributed by atoms with Gasteiger partial charge in [0.05, 0.1) is 32.3 Å². The van der Waals surface area contributed by atoms with Crippen LogP contribution in [0.3, 0.4) is 0 Å². The van der Waals surface area contributed by atoms with Crippen LogP contribution in [0.25, 0.3) is 0 Å². The standard InChI is InChI=1S/C28H26N2O6/c1-4-14-34-18-10-8-17(9-11-18)28(31)35-19-12-13-20-24(15-19)36-27(30)22(16-29)25(20)21-6-5-7-23(32-2)26(21)33-3/h5-13,15,25H,4,14,30H2,1-3H3. The van der Waals surface area contributed by atoms with Gasteiger partial charge in [-0.2, -0.15) is 5.26 Å². The number of esters is 1. The van der Waals surface area contributed by atoms with Gasteiger partial charge in [0.25, 0.3) is 0 Å². The van der Waals surface area contributed by atoms with Crippen LogP contribution in [0.5, 0.6) is 28.7 Å². The van der Waals surface area contributed by atoms with E-state index < -0.39 is 11.9 Å². The lowest BCUT2D eigenvalue weighted by Gasteiger charge is -2.28. The van der Waals surface area contributed by atoms with E-state index in [-0.39, 0.29) is 17.2 Å². The van der Waals surface area contributed by atoms with Gasteiger partial charge in [-0.1, -0.05) is 25.1 Å². The lowest BCUT2D eigenvalue weighted by Crippen LogP contribution is -2.21. The number of methoxy groups -OCH3 is 2. The largest absolute Gasteiger partial charge is 0.494 e. The molecule has 0 spiro atoms. The molecule has 0 bridgehead atoms. The van der Waals surface area contributed by atoms with Gasteiger partial charge in [0.1, 0.15) is 28.9 Å². The molecular formula is C28H26N2O6. The number of rotatable bonds is 8. The Morgan fingerprint density at radius 2 is 1.78 bits per heavy atom. The molecule has 1 heterocycles. The maximum atomic E-state index is 12.7. The molecule has 8 heteroatoms. The molecule has 0 aliphatic carbocycles. The van der Waals surface area contributed by atoms with Crippen molar-refractivity contribution in [3.05, 3.63) is 88.8 Å². The first-order valence-corrected chi connectivity index (χ1v) is 11.4. The van der Waals surface area contributed by atoms with Gasteiger partial charge in [-0.25, -0.2) is 4.79 Å². The molecule has 4 rings (SSSR count). The highest BCUT2D eigenvalue weighted by atomic mass is 16.5. The summed E-state index contributed by atoms with van der Waals surface area (Å²) in [6.07, 6.45) is 0.894. The van der Waals surface area contributed by atoms with E-state index in [1.54, 1.807) is 55.6 Å². The molecule has 3 aromatic carbocycles. The summed E-state index contributed by atoms with van der Waals surface area (Å²) in [6, 6.07) is 19.3. The van der Waals surface area contributed by atoms with Crippen molar-refractivity contribution in [1.82, 2.24) is 0 Å². The molecule has 2 N–H and O–H groups in total. The fraction of sp³-hybridized carbons (Fsp3) is 0.214. The Labute approximate surface area is 209 Å². The number of ether oxygens (including phenoxy) is 5. The van der Waals surface area contributed by atoms with Crippen molar-refractivity contribution < 1.29 is 28.5 Å². The molecule has 184 valence electrons. The fourth-order valence-electron chi connectivity index (χ4n) is 4.03. The first kappa shape index (κ1) is 24.5. The number of benzene rings is 3. The summed E-state index contributed by atoms with van der Waals surface area (Å²) < 4.78 is 27.9. The van der Waals surface area contributed by atoms with Crippen LogP contribution in [-0.4, -0.2) is 26.8 Å². The highest BCUT2D eigenvalue weighted by molar-refractivity contribution is 5.91. The minimum absolute atomic E-state index is 0.0361. The second-order valence-electron chi connectivity index (χ2n) is 7.97. The average molecular weight is 487 g/mol. The molecule has 0 saturated carbocycles. The molecule has 1 aliphatic heterocycles. The van der Waals surface area contributed by atoms with E-state index >= 15 is 0 Å². The van der Waals surface area contributed by atoms with Gasteiger partial charge in [0, 0.05) is 17.2 Å². The van der Waals surface area contributed by atoms with Crippen LogP contribution in [-0.2, 0) is 0 Å². The maximum absolute atomic E-state index is 12.7. The average Bonchev–Trinajstić information content (AvgIpc) is 2.90. The second kappa shape index (κ2) is 10.7. The monoisotopic (exact) mass is 486 g/mol. The van der Waals surface area contributed by atoms with E-state index in [1.165, 1.54) is 7.11 Å². The molecule has 0 amide bonds. The minimum Gasteiger partial charge on any atom is -0.494 e. The predicted octanol–water partition coefficient (Wildman–Crippen LogP) is 4.93. The number of fused-ring (bicyclic) bond motifs is 1. The predicted molar refractivity (Wildman–Crippen MR) is 132 cm³/mol. The number of nitriles is 1. The Balaban J connectivity index is 1.65. The van der Waals surface area contributed by atoms with Crippen molar-refractivity contribution in [2.75, 3.05) is 20.8 Å². The van der Waals surface area contributed by atoms with Crippen LogP contribution < -0.4 is 29.4 Å². The quantitative estimate of drug-likeness (QED) is 0.352. The summed E-state index contributed by atoms with van der Waals surface area (Å²) in [5, 5.41) is 9.86. The summed E-state index contributed by atoms with van der Waals surface area (Å²) in [4.78, 5) is 12.7. The van der Waals surface area contributed by atoms with E-state index in [9.17, 15) is 10.1 Å². The Bertz CT molecular complexity index is 1340. The van der Waals surface area contributed by atoms with Crippen molar-refractivity contribution in [3.63, 3.8) is 0 Å². The van der Waals surface area contributed by atoms with Crippen molar-refractivity contribution in [2.24, 2.45) is 5.73 Å². The van der Waals surface area contributed by atoms with Crippen molar-refractivity contribution in [3.8, 4) is 34.8 Å².